The summed E-state index contributed by atoms with van der Waals surface area (Å²) >= 11 is 6.13. The van der Waals surface area contributed by atoms with Crippen LogP contribution in [0.15, 0.2) is 71.8 Å². The quantitative estimate of drug-likeness (QED) is 0.181. The number of halogens is 2. The Balaban J connectivity index is 1.53. The van der Waals surface area contributed by atoms with Gasteiger partial charge in [0.25, 0.3) is 10.0 Å². The minimum Gasteiger partial charge on any atom is -0.382 e. The van der Waals surface area contributed by atoms with Gasteiger partial charge in [-0.15, -0.1) is 0 Å². The minimum absolute atomic E-state index is 0.0751. The maximum absolute atomic E-state index is 13.9. The number of fused-ring (bicyclic) bond motifs is 2. The van der Waals surface area contributed by atoms with Crippen molar-refractivity contribution in [3.8, 4) is 11.3 Å². The largest absolute Gasteiger partial charge is 0.382 e. The number of aromatic nitrogens is 3. The fourth-order valence-electron chi connectivity index (χ4n) is 5.78. The molecule has 1 aliphatic carbocycles. The number of benzene rings is 3. The van der Waals surface area contributed by atoms with Crippen LogP contribution in [-0.2, 0) is 10.0 Å². The van der Waals surface area contributed by atoms with Crippen molar-refractivity contribution < 1.29 is 12.8 Å². The molecule has 222 valence electrons. The number of nitrogens with zero attached hydrogens (tertiary/aromatic N) is 3. The number of nitrogen functional groups attached to an aromatic ring is 1. The molecular weight excluding hydrogens is 587 g/mol. The molecule has 0 saturated heterocycles. The van der Waals surface area contributed by atoms with Gasteiger partial charge in [0.15, 0.2) is 0 Å². The molecule has 0 saturated carbocycles. The lowest BCUT2D eigenvalue weighted by Crippen LogP contribution is -2.26. The van der Waals surface area contributed by atoms with Crippen LogP contribution in [0.5, 0.6) is 0 Å². The van der Waals surface area contributed by atoms with E-state index in [0.29, 0.717) is 34.1 Å². The third-order valence-electron chi connectivity index (χ3n) is 7.98. The topological polar surface area (TPSA) is 114 Å². The first-order chi connectivity index (χ1) is 20.6. The first-order valence-corrected chi connectivity index (χ1v) is 16.0. The van der Waals surface area contributed by atoms with E-state index in [1.54, 1.807) is 6.07 Å². The Morgan fingerprint density at radius 2 is 1.88 bits per heavy atom. The first-order valence-electron chi connectivity index (χ1n) is 14.1. The molecule has 1 unspecified atom stereocenters. The van der Waals surface area contributed by atoms with Gasteiger partial charge < -0.3 is 11.1 Å². The molecule has 11 heteroatoms. The van der Waals surface area contributed by atoms with Crippen molar-refractivity contribution in [2.45, 2.75) is 50.0 Å². The molecule has 0 radical (unpaired) electrons. The van der Waals surface area contributed by atoms with Crippen molar-refractivity contribution in [1.29, 1.82) is 0 Å². The second kappa shape index (κ2) is 11.3. The van der Waals surface area contributed by atoms with Crippen LogP contribution in [0.25, 0.3) is 33.1 Å². The number of imidazole rings is 1. The van der Waals surface area contributed by atoms with E-state index in [9.17, 15) is 12.8 Å². The molecule has 0 amide bonds. The lowest BCUT2D eigenvalue weighted by atomic mass is 9.93. The Kier molecular flexibility index (Phi) is 7.62. The Hall–Kier alpha value is -3.99. The van der Waals surface area contributed by atoms with E-state index in [4.69, 9.17) is 22.3 Å². The fourth-order valence-corrected chi connectivity index (χ4v) is 7.37. The average molecular weight is 619 g/mol. The third kappa shape index (κ3) is 5.24. The average Bonchev–Trinajstić information content (AvgIpc) is 3.40. The maximum Gasteiger partial charge on any atom is 0.263 e. The second-order valence-electron chi connectivity index (χ2n) is 11.1. The van der Waals surface area contributed by atoms with Gasteiger partial charge in [0.1, 0.15) is 33.6 Å². The minimum atomic E-state index is -4.19. The van der Waals surface area contributed by atoms with E-state index in [0.717, 1.165) is 53.9 Å². The van der Waals surface area contributed by atoms with E-state index in [1.807, 2.05) is 43.6 Å². The van der Waals surface area contributed by atoms with Crippen LogP contribution in [0.2, 0.25) is 5.02 Å². The van der Waals surface area contributed by atoms with Crippen LogP contribution < -0.4 is 15.8 Å². The smallest absolute Gasteiger partial charge is 0.263 e. The zero-order chi connectivity index (χ0) is 30.5. The molecule has 0 spiro atoms. The van der Waals surface area contributed by atoms with Crippen molar-refractivity contribution in [1.82, 2.24) is 19.7 Å². The molecule has 5 aromatic rings. The summed E-state index contributed by atoms with van der Waals surface area (Å²) < 4.78 is 45.2. The van der Waals surface area contributed by atoms with Crippen LogP contribution in [0, 0.1) is 5.82 Å². The molecule has 43 heavy (non-hydrogen) atoms. The Labute approximate surface area is 254 Å². The molecule has 1 atom stereocenters. The number of rotatable bonds is 7. The molecule has 8 nitrogen and oxygen atoms in total. The Bertz CT molecular complexity index is 2020. The van der Waals surface area contributed by atoms with Crippen LogP contribution in [0.4, 0.5) is 15.9 Å². The van der Waals surface area contributed by atoms with Gasteiger partial charge in [0.05, 0.1) is 22.6 Å². The highest BCUT2D eigenvalue weighted by Crippen LogP contribution is 2.40. The van der Waals surface area contributed by atoms with Crippen LogP contribution in [0.1, 0.15) is 50.5 Å². The highest BCUT2D eigenvalue weighted by atomic mass is 35.5. The van der Waals surface area contributed by atoms with Crippen molar-refractivity contribution in [2.75, 3.05) is 17.5 Å². The number of nitrogens with two attached hydrogens (primary N) is 1. The molecule has 2 heterocycles. The van der Waals surface area contributed by atoms with E-state index < -0.39 is 15.8 Å². The molecule has 0 fully saturated rings. The third-order valence-corrected chi connectivity index (χ3v) is 9.83. The van der Waals surface area contributed by atoms with Crippen molar-refractivity contribution >= 4 is 55.0 Å². The summed E-state index contributed by atoms with van der Waals surface area (Å²) in [6.45, 7) is 4.19. The SMILES string of the molecule is CNC1CC=C(c2cnc(N)c3c(-c4ccc(NS(=O)(=O)c5cc(F)ccc5Cl)c5ccccc45)nc(C(C)C)n23)CC1. The number of nitrogens with one attached hydrogen (secondary N) is 2. The van der Waals surface area contributed by atoms with Gasteiger partial charge in [-0.05, 0) is 67.6 Å². The van der Waals surface area contributed by atoms with E-state index in [-0.39, 0.29) is 15.8 Å². The lowest BCUT2D eigenvalue weighted by molar-refractivity contribution is 0.522. The van der Waals surface area contributed by atoms with Gasteiger partial charge in [-0.1, -0.05) is 55.8 Å². The molecule has 0 aliphatic heterocycles. The van der Waals surface area contributed by atoms with Crippen LogP contribution in [-0.4, -0.2) is 35.9 Å². The molecule has 2 aromatic heterocycles. The predicted octanol–water partition coefficient (Wildman–Crippen LogP) is 7.00. The fraction of sp³-hybridized carbons (Fsp3) is 0.250. The molecular formula is C32H32ClFN6O2S. The van der Waals surface area contributed by atoms with E-state index >= 15 is 0 Å². The summed E-state index contributed by atoms with van der Waals surface area (Å²) in [4.78, 5) is 9.40. The van der Waals surface area contributed by atoms with Crippen molar-refractivity contribution in [3.05, 3.63) is 89.2 Å². The molecule has 3 aromatic carbocycles. The van der Waals surface area contributed by atoms with Gasteiger partial charge in [-0.25, -0.2) is 22.8 Å². The number of hydrogen-bond donors (Lipinski definition) is 3. The summed E-state index contributed by atoms with van der Waals surface area (Å²) in [6, 6.07) is 14.6. The highest BCUT2D eigenvalue weighted by molar-refractivity contribution is 7.92. The van der Waals surface area contributed by atoms with Gasteiger partial charge in [0.2, 0.25) is 0 Å². The second-order valence-corrected chi connectivity index (χ2v) is 13.1. The van der Waals surface area contributed by atoms with E-state index in [2.05, 4.69) is 39.3 Å². The van der Waals surface area contributed by atoms with Gasteiger partial charge in [0, 0.05) is 22.9 Å². The number of anilines is 2. The van der Waals surface area contributed by atoms with Crippen LogP contribution >= 0.6 is 11.6 Å². The van der Waals surface area contributed by atoms with Crippen LogP contribution in [0.3, 0.4) is 0 Å². The highest BCUT2D eigenvalue weighted by Gasteiger charge is 2.26. The first kappa shape index (κ1) is 29.1. The predicted molar refractivity (Wildman–Crippen MR) is 171 cm³/mol. The normalized spacial score (nSPS) is 15.8. The van der Waals surface area contributed by atoms with Gasteiger partial charge in [-0.3, -0.25) is 9.12 Å². The summed E-state index contributed by atoms with van der Waals surface area (Å²) in [7, 11) is -2.20. The Morgan fingerprint density at radius 1 is 1.12 bits per heavy atom. The summed E-state index contributed by atoms with van der Waals surface area (Å²) in [5.74, 6) is 0.607. The summed E-state index contributed by atoms with van der Waals surface area (Å²) in [6.07, 6.45) is 6.96. The lowest BCUT2D eigenvalue weighted by Gasteiger charge is -2.22. The zero-order valence-electron chi connectivity index (χ0n) is 24.0. The number of hydrogen-bond acceptors (Lipinski definition) is 6. The molecule has 6 rings (SSSR count). The van der Waals surface area contributed by atoms with Gasteiger partial charge in [-0.2, -0.15) is 0 Å². The maximum atomic E-state index is 13.9. The number of sulfonamides is 1. The zero-order valence-corrected chi connectivity index (χ0v) is 25.6. The van der Waals surface area contributed by atoms with Crippen molar-refractivity contribution in [2.24, 2.45) is 0 Å². The molecule has 1 aliphatic rings. The Morgan fingerprint density at radius 3 is 2.58 bits per heavy atom. The molecule has 0 bridgehead atoms. The summed E-state index contributed by atoms with van der Waals surface area (Å²) in [5, 5.41) is 4.69. The van der Waals surface area contributed by atoms with Crippen molar-refractivity contribution in [3.63, 3.8) is 0 Å². The van der Waals surface area contributed by atoms with E-state index in [1.165, 1.54) is 11.6 Å². The standard InChI is InChI=1S/C32H32ClFN6O2S/c1-18(2)32-38-29(30-31(35)37-17-27(40(30)32)19-8-11-21(36-3)12-9-19)24-13-15-26(23-7-5-4-6-22(23)24)39-43(41,42)28-16-20(34)10-14-25(28)33/h4-8,10,13-18,21,36,39H,9,11-12H2,1-3H3,(H2,35,37). The summed E-state index contributed by atoms with van der Waals surface area (Å²) in [5.41, 5.74) is 11.2. The van der Waals surface area contributed by atoms with Gasteiger partial charge >= 0.3 is 0 Å². The number of allylic oxidation sites excluding steroid dienone is 1. The molecule has 4 N–H and O–H groups in total. The monoisotopic (exact) mass is 618 g/mol.